The highest BCUT2D eigenvalue weighted by Gasteiger charge is 2.61. The van der Waals surface area contributed by atoms with Crippen LogP contribution in [-0.2, 0) is 19.1 Å². The second-order valence-electron chi connectivity index (χ2n) is 6.59. The molecule has 20 heavy (non-hydrogen) atoms. The van der Waals surface area contributed by atoms with Crippen LogP contribution in [0.5, 0.6) is 0 Å². The SMILES string of the molecule is CCOC(=O)C1C(/C=C(\F)C(=O)OC(C)(C)C)C1(C)C. The quantitative estimate of drug-likeness (QED) is 0.589. The fraction of sp³-hybridized carbons (Fsp3) is 0.733. The van der Waals surface area contributed by atoms with E-state index in [-0.39, 0.29) is 18.5 Å². The third-order valence-corrected chi connectivity index (χ3v) is 3.37. The molecule has 114 valence electrons. The van der Waals surface area contributed by atoms with E-state index in [2.05, 4.69) is 0 Å². The van der Waals surface area contributed by atoms with Crippen molar-refractivity contribution >= 4 is 11.9 Å². The summed E-state index contributed by atoms with van der Waals surface area (Å²) in [5.41, 5.74) is -1.15. The van der Waals surface area contributed by atoms with Gasteiger partial charge >= 0.3 is 11.9 Å². The molecule has 0 saturated heterocycles. The molecule has 1 saturated carbocycles. The maximum Gasteiger partial charge on any atom is 0.367 e. The minimum absolute atomic E-state index is 0.288. The summed E-state index contributed by atoms with van der Waals surface area (Å²) in [5, 5.41) is 0. The van der Waals surface area contributed by atoms with Gasteiger partial charge in [-0.1, -0.05) is 13.8 Å². The number of hydrogen-bond acceptors (Lipinski definition) is 4. The van der Waals surface area contributed by atoms with Gasteiger partial charge in [0.15, 0.2) is 0 Å². The lowest BCUT2D eigenvalue weighted by molar-refractivity contribution is -0.152. The Balaban J connectivity index is 2.75. The third-order valence-electron chi connectivity index (χ3n) is 3.37. The van der Waals surface area contributed by atoms with Crippen LogP contribution in [0.2, 0.25) is 0 Å². The van der Waals surface area contributed by atoms with Gasteiger partial charge in [-0.05, 0) is 45.1 Å². The molecule has 1 rings (SSSR count). The van der Waals surface area contributed by atoms with Gasteiger partial charge < -0.3 is 9.47 Å². The van der Waals surface area contributed by atoms with Crippen molar-refractivity contribution in [3.8, 4) is 0 Å². The van der Waals surface area contributed by atoms with E-state index < -0.39 is 28.7 Å². The van der Waals surface area contributed by atoms with E-state index in [1.165, 1.54) is 6.08 Å². The molecule has 0 spiro atoms. The van der Waals surface area contributed by atoms with Crippen LogP contribution in [0.15, 0.2) is 11.9 Å². The van der Waals surface area contributed by atoms with Crippen LogP contribution in [0.25, 0.3) is 0 Å². The predicted molar refractivity (Wildman–Crippen MR) is 72.4 cm³/mol. The van der Waals surface area contributed by atoms with Gasteiger partial charge in [-0.25, -0.2) is 4.79 Å². The normalized spacial score (nSPS) is 25.1. The Hall–Kier alpha value is -1.39. The number of esters is 2. The van der Waals surface area contributed by atoms with Crippen molar-refractivity contribution < 1.29 is 23.5 Å². The topological polar surface area (TPSA) is 52.6 Å². The largest absolute Gasteiger partial charge is 0.466 e. The number of allylic oxidation sites excluding steroid dienone is 1. The van der Waals surface area contributed by atoms with Crippen molar-refractivity contribution in [2.24, 2.45) is 17.3 Å². The molecule has 0 aromatic heterocycles. The van der Waals surface area contributed by atoms with Crippen molar-refractivity contribution in [3.63, 3.8) is 0 Å². The van der Waals surface area contributed by atoms with E-state index in [9.17, 15) is 14.0 Å². The fourth-order valence-corrected chi connectivity index (χ4v) is 2.22. The summed E-state index contributed by atoms with van der Waals surface area (Å²) in [7, 11) is 0. The molecule has 0 aliphatic heterocycles. The predicted octanol–water partition coefficient (Wildman–Crippen LogP) is 3.02. The minimum Gasteiger partial charge on any atom is -0.466 e. The summed E-state index contributed by atoms with van der Waals surface area (Å²) in [6, 6.07) is 0. The molecular formula is C15H23FO4. The monoisotopic (exact) mass is 286 g/mol. The average Bonchev–Trinajstić information content (AvgIpc) is 2.78. The van der Waals surface area contributed by atoms with Crippen LogP contribution in [0.3, 0.4) is 0 Å². The molecule has 0 radical (unpaired) electrons. The number of carbonyl (C=O) groups excluding carboxylic acids is 2. The molecule has 2 unspecified atom stereocenters. The first-order valence-corrected chi connectivity index (χ1v) is 6.78. The molecule has 2 atom stereocenters. The maximum absolute atomic E-state index is 13.8. The zero-order valence-electron chi connectivity index (χ0n) is 13.0. The lowest BCUT2D eigenvalue weighted by Gasteiger charge is -2.18. The van der Waals surface area contributed by atoms with Crippen LogP contribution in [0, 0.1) is 17.3 Å². The fourth-order valence-electron chi connectivity index (χ4n) is 2.22. The van der Waals surface area contributed by atoms with Crippen molar-refractivity contribution in [2.75, 3.05) is 6.61 Å². The molecule has 0 heterocycles. The van der Waals surface area contributed by atoms with E-state index in [4.69, 9.17) is 9.47 Å². The molecule has 0 N–H and O–H groups in total. The average molecular weight is 286 g/mol. The summed E-state index contributed by atoms with van der Waals surface area (Å²) >= 11 is 0. The standard InChI is InChI=1S/C15H23FO4/c1-7-19-13(18)11-9(15(11,5)6)8-10(16)12(17)20-14(2,3)4/h8-9,11H,7H2,1-6H3/b10-8-. The molecule has 4 nitrogen and oxygen atoms in total. The summed E-state index contributed by atoms with van der Waals surface area (Å²) in [6.45, 7) is 10.7. The van der Waals surface area contributed by atoms with Gasteiger partial charge in [0.2, 0.25) is 5.83 Å². The smallest absolute Gasteiger partial charge is 0.367 e. The Morgan fingerprint density at radius 1 is 1.30 bits per heavy atom. The van der Waals surface area contributed by atoms with Crippen LogP contribution in [0.1, 0.15) is 41.5 Å². The summed E-state index contributed by atoms with van der Waals surface area (Å²) in [5.74, 6) is -3.05. The molecule has 0 amide bonds. The molecule has 0 bridgehead atoms. The van der Waals surface area contributed by atoms with Gasteiger partial charge in [0, 0.05) is 0 Å². The summed E-state index contributed by atoms with van der Waals surface area (Å²) in [6.07, 6.45) is 1.18. The Bertz CT molecular complexity index is 432. The number of carbonyl (C=O) groups is 2. The molecule has 0 aromatic carbocycles. The molecule has 1 aliphatic rings. The van der Waals surface area contributed by atoms with Gasteiger partial charge in [0.1, 0.15) is 5.60 Å². The second kappa shape index (κ2) is 5.54. The highest BCUT2D eigenvalue weighted by molar-refractivity contribution is 5.87. The first-order valence-electron chi connectivity index (χ1n) is 6.78. The highest BCUT2D eigenvalue weighted by Crippen LogP contribution is 2.59. The second-order valence-corrected chi connectivity index (χ2v) is 6.59. The molecule has 0 aromatic rings. The molecule has 1 fully saturated rings. The van der Waals surface area contributed by atoms with Crippen LogP contribution >= 0.6 is 0 Å². The Labute approximate surface area is 119 Å². The summed E-state index contributed by atoms with van der Waals surface area (Å²) in [4.78, 5) is 23.3. The van der Waals surface area contributed by atoms with Crippen molar-refractivity contribution in [3.05, 3.63) is 11.9 Å². The van der Waals surface area contributed by atoms with E-state index in [0.717, 1.165) is 0 Å². The van der Waals surface area contributed by atoms with E-state index in [1.54, 1.807) is 27.7 Å². The zero-order chi connectivity index (χ0) is 15.7. The van der Waals surface area contributed by atoms with E-state index in [1.807, 2.05) is 13.8 Å². The number of halogens is 1. The first-order chi connectivity index (χ1) is 9.00. The Morgan fingerprint density at radius 2 is 1.85 bits per heavy atom. The third kappa shape index (κ3) is 3.81. The van der Waals surface area contributed by atoms with Gasteiger partial charge in [-0.3, -0.25) is 4.79 Å². The lowest BCUT2D eigenvalue weighted by Crippen LogP contribution is -2.24. The number of ether oxygens (including phenoxy) is 2. The van der Waals surface area contributed by atoms with Crippen molar-refractivity contribution in [1.29, 1.82) is 0 Å². The van der Waals surface area contributed by atoms with Crippen molar-refractivity contribution in [2.45, 2.75) is 47.1 Å². The van der Waals surface area contributed by atoms with Crippen molar-refractivity contribution in [1.82, 2.24) is 0 Å². The first kappa shape index (κ1) is 16.7. The van der Waals surface area contributed by atoms with Crippen LogP contribution < -0.4 is 0 Å². The van der Waals surface area contributed by atoms with Gasteiger partial charge in [0.05, 0.1) is 12.5 Å². The zero-order valence-corrected chi connectivity index (χ0v) is 13.0. The molecule has 1 aliphatic carbocycles. The summed E-state index contributed by atoms with van der Waals surface area (Å²) < 4.78 is 23.7. The van der Waals surface area contributed by atoms with Gasteiger partial charge in [-0.15, -0.1) is 0 Å². The lowest BCUT2D eigenvalue weighted by atomic mass is 10.1. The maximum atomic E-state index is 13.8. The van der Waals surface area contributed by atoms with Crippen LogP contribution in [-0.4, -0.2) is 24.1 Å². The van der Waals surface area contributed by atoms with Gasteiger partial charge in [0.25, 0.3) is 0 Å². The number of hydrogen-bond donors (Lipinski definition) is 0. The molecule has 5 heteroatoms. The Morgan fingerprint density at radius 3 is 2.30 bits per heavy atom. The molecular weight excluding hydrogens is 263 g/mol. The highest BCUT2D eigenvalue weighted by atomic mass is 19.1. The van der Waals surface area contributed by atoms with Gasteiger partial charge in [-0.2, -0.15) is 4.39 Å². The number of rotatable bonds is 4. The minimum atomic E-state index is -0.997. The van der Waals surface area contributed by atoms with E-state index in [0.29, 0.717) is 0 Å². The Kier molecular flexibility index (Phi) is 4.62. The van der Waals surface area contributed by atoms with E-state index >= 15 is 0 Å². The van der Waals surface area contributed by atoms with Crippen LogP contribution in [0.4, 0.5) is 4.39 Å².